The molecular formula is C16H21ClFNO. The first-order valence-corrected chi connectivity index (χ1v) is 7.88. The van der Waals surface area contributed by atoms with Crippen LogP contribution in [0.4, 0.5) is 4.39 Å². The molecule has 2 aliphatic rings. The fourth-order valence-electron chi connectivity index (χ4n) is 3.66. The minimum Gasteiger partial charge on any atom is -0.375 e. The van der Waals surface area contributed by atoms with Crippen LogP contribution < -0.4 is 5.32 Å². The molecule has 2 aliphatic heterocycles. The number of likely N-dealkylation sites (N-methyl/N-ethyl adjacent to an activating group) is 1. The Balaban J connectivity index is 1.72. The maximum Gasteiger partial charge on any atom is 0.142 e. The first-order valence-electron chi connectivity index (χ1n) is 7.50. The molecule has 3 rings (SSSR count). The monoisotopic (exact) mass is 297 g/mol. The van der Waals surface area contributed by atoms with Crippen molar-refractivity contribution in [2.75, 3.05) is 6.54 Å². The van der Waals surface area contributed by atoms with Gasteiger partial charge in [-0.15, -0.1) is 0 Å². The fraction of sp³-hybridized carbons (Fsp3) is 0.625. The van der Waals surface area contributed by atoms with Crippen LogP contribution in [0.2, 0.25) is 5.02 Å². The van der Waals surface area contributed by atoms with E-state index < -0.39 is 0 Å². The van der Waals surface area contributed by atoms with Crippen molar-refractivity contribution in [2.24, 2.45) is 5.92 Å². The second-order valence-corrected chi connectivity index (χ2v) is 6.30. The van der Waals surface area contributed by atoms with Gasteiger partial charge in [0.1, 0.15) is 5.82 Å². The molecule has 0 spiro atoms. The van der Waals surface area contributed by atoms with E-state index in [0.29, 0.717) is 24.2 Å². The Morgan fingerprint density at radius 2 is 2.30 bits per heavy atom. The van der Waals surface area contributed by atoms with Crippen LogP contribution in [-0.2, 0) is 11.2 Å². The third kappa shape index (κ3) is 2.85. The van der Waals surface area contributed by atoms with Gasteiger partial charge >= 0.3 is 0 Å². The van der Waals surface area contributed by atoms with Crippen LogP contribution in [0, 0.1) is 11.7 Å². The standard InChI is InChI=1S/C16H21ClFNO/c1-2-19-15(12-9-11-4-6-16(12)20-11)8-10-3-5-13(17)14(18)7-10/h3,5,7,11-12,15-16,19H,2,4,6,8-9H2,1H3. The van der Waals surface area contributed by atoms with Gasteiger partial charge in [-0.3, -0.25) is 0 Å². The van der Waals surface area contributed by atoms with Crippen molar-refractivity contribution < 1.29 is 9.13 Å². The van der Waals surface area contributed by atoms with Gasteiger partial charge in [0.05, 0.1) is 17.2 Å². The van der Waals surface area contributed by atoms with E-state index in [0.717, 1.165) is 24.9 Å². The summed E-state index contributed by atoms with van der Waals surface area (Å²) in [4.78, 5) is 0. The molecule has 0 aliphatic carbocycles. The second kappa shape index (κ2) is 6.00. The van der Waals surface area contributed by atoms with Crippen LogP contribution in [0.5, 0.6) is 0 Å². The number of fused-ring (bicyclic) bond motifs is 2. The number of nitrogens with one attached hydrogen (secondary N) is 1. The SMILES string of the molecule is CCNC(Cc1ccc(Cl)c(F)c1)C1CC2CCC1O2. The number of hydrogen-bond acceptors (Lipinski definition) is 2. The lowest BCUT2D eigenvalue weighted by atomic mass is 9.81. The summed E-state index contributed by atoms with van der Waals surface area (Å²) in [6.45, 7) is 3.04. The van der Waals surface area contributed by atoms with Crippen molar-refractivity contribution in [2.45, 2.75) is 50.9 Å². The molecule has 2 bridgehead atoms. The van der Waals surface area contributed by atoms with Crippen LogP contribution in [0.25, 0.3) is 0 Å². The minimum atomic E-state index is -0.330. The summed E-state index contributed by atoms with van der Waals surface area (Å²) in [7, 11) is 0. The highest BCUT2D eigenvalue weighted by atomic mass is 35.5. The summed E-state index contributed by atoms with van der Waals surface area (Å²) in [6.07, 6.45) is 5.19. The Morgan fingerprint density at radius 3 is 2.90 bits per heavy atom. The van der Waals surface area contributed by atoms with Gasteiger partial charge < -0.3 is 10.1 Å². The minimum absolute atomic E-state index is 0.192. The van der Waals surface area contributed by atoms with Gasteiger partial charge in [-0.2, -0.15) is 0 Å². The summed E-state index contributed by atoms with van der Waals surface area (Å²) in [5.41, 5.74) is 1.00. The van der Waals surface area contributed by atoms with E-state index in [1.165, 1.54) is 12.8 Å². The third-order valence-corrected chi connectivity index (χ3v) is 4.88. The normalized spacial score (nSPS) is 29.9. The Bertz CT molecular complexity index is 482. The highest BCUT2D eigenvalue weighted by Crippen LogP contribution is 2.41. The van der Waals surface area contributed by atoms with E-state index in [1.807, 2.05) is 6.07 Å². The van der Waals surface area contributed by atoms with Gasteiger partial charge in [0.2, 0.25) is 0 Å². The van der Waals surface area contributed by atoms with Gasteiger partial charge in [0, 0.05) is 12.0 Å². The van der Waals surface area contributed by atoms with E-state index in [-0.39, 0.29) is 10.8 Å². The molecule has 2 saturated heterocycles. The van der Waals surface area contributed by atoms with Crippen molar-refractivity contribution in [3.63, 3.8) is 0 Å². The van der Waals surface area contributed by atoms with Crippen LogP contribution >= 0.6 is 11.6 Å². The zero-order valence-electron chi connectivity index (χ0n) is 11.7. The maximum absolute atomic E-state index is 13.6. The molecule has 0 aromatic heterocycles. The zero-order chi connectivity index (χ0) is 14.1. The van der Waals surface area contributed by atoms with Crippen LogP contribution in [0.15, 0.2) is 18.2 Å². The maximum atomic E-state index is 13.6. The summed E-state index contributed by atoms with van der Waals surface area (Å²) in [5, 5.41) is 3.75. The van der Waals surface area contributed by atoms with Gasteiger partial charge in [0.15, 0.2) is 0 Å². The molecule has 2 heterocycles. The lowest BCUT2D eigenvalue weighted by molar-refractivity contribution is 0.0858. The molecule has 4 heteroatoms. The highest BCUT2D eigenvalue weighted by molar-refractivity contribution is 6.30. The second-order valence-electron chi connectivity index (χ2n) is 5.89. The number of benzene rings is 1. The molecule has 0 saturated carbocycles. The zero-order valence-corrected chi connectivity index (χ0v) is 12.5. The number of hydrogen-bond donors (Lipinski definition) is 1. The molecule has 4 atom stereocenters. The average molecular weight is 298 g/mol. The first kappa shape index (κ1) is 14.3. The largest absolute Gasteiger partial charge is 0.375 e. The third-order valence-electron chi connectivity index (χ3n) is 4.58. The Morgan fingerprint density at radius 1 is 1.45 bits per heavy atom. The van der Waals surface area contributed by atoms with Crippen molar-refractivity contribution in [1.29, 1.82) is 0 Å². The first-order chi connectivity index (χ1) is 9.67. The van der Waals surface area contributed by atoms with Gasteiger partial charge in [0.25, 0.3) is 0 Å². The summed E-state index contributed by atoms with van der Waals surface area (Å²) in [5.74, 6) is 0.219. The smallest absolute Gasteiger partial charge is 0.142 e. The van der Waals surface area contributed by atoms with E-state index in [1.54, 1.807) is 12.1 Å². The summed E-state index contributed by atoms with van der Waals surface area (Å²) in [6, 6.07) is 5.48. The molecule has 20 heavy (non-hydrogen) atoms. The van der Waals surface area contributed by atoms with Crippen LogP contribution in [0.3, 0.4) is 0 Å². The van der Waals surface area contributed by atoms with Crippen molar-refractivity contribution in [3.05, 3.63) is 34.6 Å². The van der Waals surface area contributed by atoms with Crippen molar-refractivity contribution >= 4 is 11.6 Å². The van der Waals surface area contributed by atoms with E-state index in [9.17, 15) is 4.39 Å². The lowest BCUT2D eigenvalue weighted by Crippen LogP contribution is -2.42. The van der Waals surface area contributed by atoms with Gasteiger partial charge in [-0.25, -0.2) is 4.39 Å². The quantitative estimate of drug-likeness (QED) is 0.897. The molecule has 1 N–H and O–H groups in total. The fourth-order valence-corrected chi connectivity index (χ4v) is 3.78. The molecule has 110 valence electrons. The molecule has 1 aromatic carbocycles. The van der Waals surface area contributed by atoms with Crippen molar-refractivity contribution in [3.8, 4) is 0 Å². The van der Waals surface area contributed by atoms with Crippen molar-refractivity contribution in [1.82, 2.24) is 5.32 Å². The van der Waals surface area contributed by atoms with Gasteiger partial charge in [-0.1, -0.05) is 24.6 Å². The van der Waals surface area contributed by atoms with E-state index >= 15 is 0 Å². The molecule has 4 unspecified atom stereocenters. The van der Waals surface area contributed by atoms with Gasteiger partial charge in [-0.05, 0) is 49.9 Å². The molecule has 0 radical (unpaired) electrons. The predicted octanol–water partition coefficient (Wildman–Crippen LogP) is 3.57. The summed E-state index contributed by atoms with van der Waals surface area (Å²) >= 11 is 5.75. The highest BCUT2D eigenvalue weighted by Gasteiger charge is 2.43. The average Bonchev–Trinajstić information content (AvgIpc) is 3.05. The Hall–Kier alpha value is -0.640. The predicted molar refractivity (Wildman–Crippen MR) is 78.6 cm³/mol. The molecular weight excluding hydrogens is 277 g/mol. The van der Waals surface area contributed by atoms with E-state index in [4.69, 9.17) is 16.3 Å². The topological polar surface area (TPSA) is 21.3 Å². The van der Waals surface area contributed by atoms with Crippen LogP contribution in [0.1, 0.15) is 31.7 Å². The number of rotatable bonds is 5. The molecule has 0 amide bonds. The molecule has 1 aromatic rings. The number of ether oxygens (including phenoxy) is 1. The summed E-state index contributed by atoms with van der Waals surface area (Å²) < 4.78 is 19.5. The molecule has 2 fully saturated rings. The molecule has 2 nitrogen and oxygen atoms in total. The Labute approximate surface area is 124 Å². The Kier molecular flexibility index (Phi) is 4.29. The van der Waals surface area contributed by atoms with E-state index in [2.05, 4.69) is 12.2 Å². The lowest BCUT2D eigenvalue weighted by Gasteiger charge is -2.29. The number of halogens is 2. The van der Waals surface area contributed by atoms with Crippen LogP contribution in [-0.4, -0.2) is 24.8 Å².